The van der Waals surface area contributed by atoms with Crippen molar-refractivity contribution in [3.63, 3.8) is 0 Å². The molecule has 0 radical (unpaired) electrons. The standard InChI is InChI=1S/C14H19Cl2N/c1-10-2-5-13(8-10)17-7-6-11-3-4-12(15)9-14(11)16/h3-4,9-10,13,17H,2,5-8H2,1H3. The zero-order valence-corrected chi connectivity index (χ0v) is 11.7. The van der Waals surface area contributed by atoms with E-state index in [2.05, 4.69) is 12.2 Å². The van der Waals surface area contributed by atoms with Gasteiger partial charge >= 0.3 is 0 Å². The van der Waals surface area contributed by atoms with Gasteiger partial charge in [0.2, 0.25) is 0 Å². The zero-order valence-electron chi connectivity index (χ0n) is 10.2. The summed E-state index contributed by atoms with van der Waals surface area (Å²) < 4.78 is 0. The average Bonchev–Trinajstić information content (AvgIpc) is 2.68. The second-order valence-electron chi connectivity index (χ2n) is 5.06. The van der Waals surface area contributed by atoms with Gasteiger partial charge in [-0.15, -0.1) is 0 Å². The van der Waals surface area contributed by atoms with Crippen LogP contribution in [0.2, 0.25) is 10.0 Å². The summed E-state index contributed by atoms with van der Waals surface area (Å²) in [6, 6.07) is 6.44. The SMILES string of the molecule is CC1CCC(NCCc2ccc(Cl)cc2Cl)C1. The molecule has 2 rings (SSSR count). The van der Waals surface area contributed by atoms with Gasteiger partial charge in [0.05, 0.1) is 0 Å². The Morgan fingerprint density at radius 1 is 1.29 bits per heavy atom. The fourth-order valence-corrected chi connectivity index (χ4v) is 3.03. The predicted octanol–water partition coefficient (Wildman–Crippen LogP) is 4.31. The molecule has 0 bridgehead atoms. The molecule has 17 heavy (non-hydrogen) atoms. The van der Waals surface area contributed by atoms with Gasteiger partial charge in [0.25, 0.3) is 0 Å². The molecule has 2 unspecified atom stereocenters. The maximum absolute atomic E-state index is 6.14. The van der Waals surface area contributed by atoms with Crippen molar-refractivity contribution in [3.05, 3.63) is 33.8 Å². The van der Waals surface area contributed by atoms with E-state index in [-0.39, 0.29) is 0 Å². The third-order valence-corrected chi connectivity index (χ3v) is 4.12. The highest BCUT2D eigenvalue weighted by molar-refractivity contribution is 6.35. The Morgan fingerprint density at radius 2 is 2.12 bits per heavy atom. The Morgan fingerprint density at radius 3 is 2.76 bits per heavy atom. The first-order valence-electron chi connectivity index (χ1n) is 6.32. The van der Waals surface area contributed by atoms with E-state index < -0.39 is 0 Å². The van der Waals surface area contributed by atoms with E-state index in [1.807, 2.05) is 18.2 Å². The molecule has 3 heteroatoms. The molecule has 0 aliphatic heterocycles. The molecule has 1 N–H and O–H groups in total. The maximum atomic E-state index is 6.14. The fraction of sp³-hybridized carbons (Fsp3) is 0.571. The second-order valence-corrected chi connectivity index (χ2v) is 5.90. The van der Waals surface area contributed by atoms with Gasteiger partial charge in [-0.3, -0.25) is 0 Å². The number of nitrogens with one attached hydrogen (secondary N) is 1. The molecule has 0 spiro atoms. The zero-order chi connectivity index (χ0) is 12.3. The van der Waals surface area contributed by atoms with Crippen LogP contribution in [0.25, 0.3) is 0 Å². The first kappa shape index (κ1) is 13.2. The molecule has 1 nitrogen and oxygen atoms in total. The van der Waals surface area contributed by atoms with E-state index in [0.29, 0.717) is 11.1 Å². The van der Waals surface area contributed by atoms with Crippen molar-refractivity contribution < 1.29 is 0 Å². The van der Waals surface area contributed by atoms with Gasteiger partial charge in [-0.1, -0.05) is 36.2 Å². The van der Waals surface area contributed by atoms with Gasteiger partial charge in [-0.05, 0) is 55.8 Å². The van der Waals surface area contributed by atoms with Crippen LogP contribution in [-0.2, 0) is 6.42 Å². The van der Waals surface area contributed by atoms with Crippen LogP contribution in [0.1, 0.15) is 31.7 Å². The largest absolute Gasteiger partial charge is 0.314 e. The topological polar surface area (TPSA) is 12.0 Å². The first-order chi connectivity index (χ1) is 8.15. The molecule has 1 saturated carbocycles. The Bertz CT molecular complexity index is 378. The number of benzene rings is 1. The van der Waals surface area contributed by atoms with Crippen LogP contribution in [0.15, 0.2) is 18.2 Å². The molecular formula is C14H19Cl2N. The smallest absolute Gasteiger partial charge is 0.0453 e. The van der Waals surface area contributed by atoms with Crippen LogP contribution in [-0.4, -0.2) is 12.6 Å². The van der Waals surface area contributed by atoms with E-state index >= 15 is 0 Å². The normalized spacial score (nSPS) is 24.2. The number of halogens is 2. The minimum atomic E-state index is 0.705. The Kier molecular flexibility index (Phi) is 4.72. The highest BCUT2D eigenvalue weighted by Crippen LogP contribution is 2.25. The van der Waals surface area contributed by atoms with E-state index in [0.717, 1.165) is 23.9 Å². The minimum absolute atomic E-state index is 0.705. The lowest BCUT2D eigenvalue weighted by atomic mass is 10.1. The van der Waals surface area contributed by atoms with Gasteiger partial charge < -0.3 is 5.32 Å². The molecule has 2 atom stereocenters. The highest BCUT2D eigenvalue weighted by atomic mass is 35.5. The molecule has 0 heterocycles. The molecular weight excluding hydrogens is 253 g/mol. The van der Waals surface area contributed by atoms with E-state index in [9.17, 15) is 0 Å². The lowest BCUT2D eigenvalue weighted by Crippen LogP contribution is -2.28. The van der Waals surface area contributed by atoms with Crippen LogP contribution < -0.4 is 5.32 Å². The number of hydrogen-bond donors (Lipinski definition) is 1. The summed E-state index contributed by atoms with van der Waals surface area (Å²) in [5.41, 5.74) is 1.18. The Labute approximate surface area is 114 Å². The van der Waals surface area contributed by atoms with Crippen molar-refractivity contribution in [3.8, 4) is 0 Å². The fourth-order valence-electron chi connectivity index (χ4n) is 2.53. The molecule has 0 amide bonds. The average molecular weight is 272 g/mol. The summed E-state index contributed by atoms with van der Waals surface area (Å²) in [5.74, 6) is 0.881. The predicted molar refractivity (Wildman–Crippen MR) is 75.0 cm³/mol. The van der Waals surface area contributed by atoms with E-state index in [1.165, 1.54) is 24.8 Å². The third-order valence-electron chi connectivity index (χ3n) is 3.54. The van der Waals surface area contributed by atoms with Crippen molar-refractivity contribution >= 4 is 23.2 Å². The highest BCUT2D eigenvalue weighted by Gasteiger charge is 2.20. The summed E-state index contributed by atoms with van der Waals surface area (Å²) in [5, 5.41) is 5.09. The molecule has 0 aromatic heterocycles. The van der Waals surface area contributed by atoms with Gasteiger partial charge in [0, 0.05) is 16.1 Å². The van der Waals surface area contributed by atoms with Crippen molar-refractivity contribution in [1.82, 2.24) is 5.32 Å². The number of rotatable bonds is 4. The van der Waals surface area contributed by atoms with Gasteiger partial charge in [0.15, 0.2) is 0 Å². The van der Waals surface area contributed by atoms with Crippen LogP contribution in [0, 0.1) is 5.92 Å². The lowest BCUT2D eigenvalue weighted by Gasteiger charge is -2.12. The van der Waals surface area contributed by atoms with Crippen molar-refractivity contribution in [2.45, 2.75) is 38.6 Å². The van der Waals surface area contributed by atoms with Crippen LogP contribution in [0.5, 0.6) is 0 Å². The van der Waals surface area contributed by atoms with Crippen molar-refractivity contribution in [2.75, 3.05) is 6.54 Å². The summed E-state index contributed by atoms with van der Waals surface area (Å²) >= 11 is 12.0. The minimum Gasteiger partial charge on any atom is -0.314 e. The van der Waals surface area contributed by atoms with Crippen molar-refractivity contribution in [1.29, 1.82) is 0 Å². The van der Waals surface area contributed by atoms with E-state index in [4.69, 9.17) is 23.2 Å². The summed E-state index contributed by atoms with van der Waals surface area (Å²) in [6.45, 7) is 3.33. The first-order valence-corrected chi connectivity index (χ1v) is 7.08. The van der Waals surface area contributed by atoms with E-state index in [1.54, 1.807) is 0 Å². The van der Waals surface area contributed by atoms with Crippen LogP contribution >= 0.6 is 23.2 Å². The molecule has 1 aliphatic rings. The molecule has 1 aromatic rings. The molecule has 1 aliphatic carbocycles. The van der Waals surface area contributed by atoms with Gasteiger partial charge in [0.1, 0.15) is 0 Å². The van der Waals surface area contributed by atoms with Gasteiger partial charge in [-0.2, -0.15) is 0 Å². The number of hydrogen-bond acceptors (Lipinski definition) is 1. The molecule has 1 aromatic carbocycles. The van der Waals surface area contributed by atoms with Crippen molar-refractivity contribution in [2.24, 2.45) is 5.92 Å². The Balaban J connectivity index is 1.78. The second kappa shape index (κ2) is 6.08. The van der Waals surface area contributed by atoms with Crippen LogP contribution in [0.4, 0.5) is 0 Å². The molecule has 94 valence electrons. The summed E-state index contributed by atoms with van der Waals surface area (Å²) in [4.78, 5) is 0. The lowest BCUT2D eigenvalue weighted by molar-refractivity contribution is 0.506. The van der Waals surface area contributed by atoms with Crippen LogP contribution in [0.3, 0.4) is 0 Å². The molecule has 0 saturated heterocycles. The third kappa shape index (κ3) is 3.87. The monoisotopic (exact) mass is 271 g/mol. The summed E-state index contributed by atoms with van der Waals surface area (Å²) in [7, 11) is 0. The van der Waals surface area contributed by atoms with Gasteiger partial charge in [-0.25, -0.2) is 0 Å². The quantitative estimate of drug-likeness (QED) is 0.861. The molecule has 1 fully saturated rings. The summed E-state index contributed by atoms with van der Waals surface area (Å²) in [6.07, 6.45) is 4.96. The maximum Gasteiger partial charge on any atom is 0.0453 e. The Hall–Kier alpha value is -0.240.